The van der Waals surface area contributed by atoms with Crippen LogP contribution in [0.25, 0.3) is 11.0 Å². The van der Waals surface area contributed by atoms with Crippen LogP contribution in [0, 0.1) is 0 Å². The van der Waals surface area contributed by atoms with Crippen molar-refractivity contribution in [1.82, 2.24) is 19.8 Å². The van der Waals surface area contributed by atoms with Gasteiger partial charge in [0.2, 0.25) is 11.8 Å². The van der Waals surface area contributed by atoms with Crippen LogP contribution in [0.5, 0.6) is 0 Å². The van der Waals surface area contributed by atoms with Gasteiger partial charge in [0.05, 0.1) is 35.4 Å². The number of likely N-dealkylation sites (tertiary alicyclic amines) is 1. The van der Waals surface area contributed by atoms with E-state index in [9.17, 15) is 22.8 Å². The quantitative estimate of drug-likeness (QED) is 0.525. The molecule has 1 saturated heterocycles. The van der Waals surface area contributed by atoms with Crippen molar-refractivity contribution in [2.75, 3.05) is 25.4 Å². The molecular weight excluding hydrogens is 453 g/mol. The van der Waals surface area contributed by atoms with Crippen LogP contribution in [-0.4, -0.2) is 51.7 Å². The molecule has 2 heterocycles. The molecule has 1 N–H and O–H groups in total. The van der Waals surface area contributed by atoms with Crippen molar-refractivity contribution in [3.63, 3.8) is 0 Å². The van der Waals surface area contributed by atoms with E-state index in [0.717, 1.165) is 42.3 Å². The zero-order valence-corrected chi connectivity index (χ0v) is 18.6. The fourth-order valence-electron chi connectivity index (χ4n) is 3.75. The number of aromatic nitrogens is 2. The second-order valence-electron chi connectivity index (χ2n) is 7.82. The van der Waals surface area contributed by atoms with Gasteiger partial charge >= 0.3 is 6.18 Å². The Morgan fingerprint density at radius 1 is 1.06 bits per heavy atom. The molecule has 174 valence electrons. The fourth-order valence-corrected chi connectivity index (χ4v) is 4.59. The summed E-state index contributed by atoms with van der Waals surface area (Å²) in [6.45, 7) is 1.77. The zero-order chi connectivity index (χ0) is 23.4. The molecule has 0 bridgehead atoms. The molecule has 10 heteroatoms. The molecule has 3 aromatic rings. The number of thioether (sulfide) groups is 1. The molecule has 1 aliphatic rings. The monoisotopic (exact) mass is 476 g/mol. The molecular formula is C23H23F3N4O2S. The molecule has 1 fully saturated rings. The summed E-state index contributed by atoms with van der Waals surface area (Å²) >= 11 is 1.13. The molecule has 0 unspecified atom stereocenters. The highest BCUT2D eigenvalue weighted by molar-refractivity contribution is 7.99. The van der Waals surface area contributed by atoms with Crippen LogP contribution in [-0.2, 0) is 22.3 Å². The Bertz CT molecular complexity index is 1140. The summed E-state index contributed by atoms with van der Waals surface area (Å²) in [7, 11) is 0. The van der Waals surface area contributed by atoms with Crippen molar-refractivity contribution in [3.05, 3.63) is 59.7 Å². The Labute approximate surface area is 193 Å². The normalized spacial score (nSPS) is 14.1. The van der Waals surface area contributed by atoms with Gasteiger partial charge in [0, 0.05) is 13.1 Å². The maximum Gasteiger partial charge on any atom is 0.416 e. The number of hydrogen-bond acceptors (Lipinski definition) is 4. The first-order valence-electron chi connectivity index (χ1n) is 10.6. The predicted molar refractivity (Wildman–Crippen MR) is 120 cm³/mol. The number of benzene rings is 2. The number of amides is 2. The lowest BCUT2D eigenvalue weighted by Gasteiger charge is -2.15. The minimum Gasteiger partial charge on any atom is -0.346 e. The Hall–Kier alpha value is -3.01. The first kappa shape index (κ1) is 23.2. The predicted octanol–water partition coefficient (Wildman–Crippen LogP) is 3.93. The molecule has 33 heavy (non-hydrogen) atoms. The van der Waals surface area contributed by atoms with Crippen molar-refractivity contribution >= 4 is 34.6 Å². The fraction of sp³-hybridized carbons (Fsp3) is 0.348. The summed E-state index contributed by atoms with van der Waals surface area (Å²) < 4.78 is 41.3. The molecule has 0 atom stereocenters. The molecule has 6 nitrogen and oxygen atoms in total. The number of carbonyl (C=O) groups is 2. The van der Waals surface area contributed by atoms with Crippen LogP contribution in [0.15, 0.2) is 53.7 Å². The average Bonchev–Trinajstić information content (AvgIpc) is 3.44. The Morgan fingerprint density at radius 3 is 2.48 bits per heavy atom. The highest BCUT2D eigenvalue weighted by Gasteiger charge is 2.31. The van der Waals surface area contributed by atoms with Crippen molar-refractivity contribution in [1.29, 1.82) is 0 Å². The summed E-state index contributed by atoms with van der Waals surface area (Å²) in [6, 6.07) is 13.0. The Balaban J connectivity index is 1.50. The SMILES string of the molecule is O=C(CSc1nc2cc(C(F)(F)F)ccc2n1Cc1ccccc1)NCC(=O)N1CCCC1. The molecule has 0 radical (unpaired) electrons. The van der Waals surface area contributed by atoms with E-state index in [-0.39, 0.29) is 29.6 Å². The average molecular weight is 477 g/mol. The van der Waals surface area contributed by atoms with E-state index >= 15 is 0 Å². The van der Waals surface area contributed by atoms with Crippen LogP contribution >= 0.6 is 11.8 Å². The second kappa shape index (κ2) is 9.86. The summed E-state index contributed by atoms with van der Waals surface area (Å²) in [5.41, 5.74) is 0.958. The molecule has 4 rings (SSSR count). The van der Waals surface area contributed by atoms with Gasteiger partial charge in [-0.15, -0.1) is 0 Å². The smallest absolute Gasteiger partial charge is 0.346 e. The minimum absolute atomic E-state index is 0.00246. The first-order valence-corrected chi connectivity index (χ1v) is 11.6. The van der Waals surface area contributed by atoms with E-state index in [0.29, 0.717) is 30.3 Å². The van der Waals surface area contributed by atoms with Gasteiger partial charge in [-0.3, -0.25) is 9.59 Å². The Kier molecular flexibility index (Phi) is 6.92. The lowest BCUT2D eigenvalue weighted by Crippen LogP contribution is -2.39. The molecule has 1 aromatic heterocycles. The van der Waals surface area contributed by atoms with Gasteiger partial charge in [0.15, 0.2) is 5.16 Å². The third kappa shape index (κ3) is 5.68. The van der Waals surface area contributed by atoms with Crippen LogP contribution in [0.3, 0.4) is 0 Å². The molecule has 0 saturated carbocycles. The number of nitrogens with zero attached hydrogens (tertiary/aromatic N) is 3. The third-order valence-electron chi connectivity index (χ3n) is 5.45. The van der Waals surface area contributed by atoms with E-state index < -0.39 is 11.7 Å². The van der Waals surface area contributed by atoms with E-state index in [4.69, 9.17) is 0 Å². The zero-order valence-electron chi connectivity index (χ0n) is 17.8. The van der Waals surface area contributed by atoms with Crippen molar-refractivity contribution in [3.8, 4) is 0 Å². The van der Waals surface area contributed by atoms with Gasteiger partial charge in [-0.2, -0.15) is 13.2 Å². The summed E-state index contributed by atoms with van der Waals surface area (Å²) in [5.74, 6) is -0.443. The topological polar surface area (TPSA) is 67.2 Å². The van der Waals surface area contributed by atoms with Gasteiger partial charge in [-0.1, -0.05) is 42.1 Å². The third-order valence-corrected chi connectivity index (χ3v) is 6.43. The summed E-state index contributed by atoms with van der Waals surface area (Å²) in [6.07, 6.45) is -2.51. The number of rotatable bonds is 7. The van der Waals surface area contributed by atoms with E-state index in [1.165, 1.54) is 6.07 Å². The lowest BCUT2D eigenvalue weighted by atomic mass is 10.2. The number of carbonyl (C=O) groups excluding carboxylic acids is 2. The molecule has 1 aliphatic heterocycles. The number of hydrogen-bond donors (Lipinski definition) is 1. The number of nitrogens with one attached hydrogen (secondary N) is 1. The van der Waals surface area contributed by atoms with Crippen molar-refractivity contribution in [2.24, 2.45) is 0 Å². The van der Waals surface area contributed by atoms with Crippen LogP contribution in [0.2, 0.25) is 0 Å². The minimum atomic E-state index is -4.47. The maximum atomic E-state index is 13.2. The van der Waals surface area contributed by atoms with E-state index in [1.54, 1.807) is 9.47 Å². The van der Waals surface area contributed by atoms with Gasteiger partial charge < -0.3 is 14.8 Å². The molecule has 2 amide bonds. The van der Waals surface area contributed by atoms with Crippen LogP contribution in [0.4, 0.5) is 13.2 Å². The van der Waals surface area contributed by atoms with E-state index in [2.05, 4.69) is 10.3 Å². The number of alkyl halides is 3. The van der Waals surface area contributed by atoms with Gasteiger partial charge in [-0.25, -0.2) is 4.98 Å². The Morgan fingerprint density at radius 2 is 1.79 bits per heavy atom. The number of imidazole rings is 1. The second-order valence-corrected chi connectivity index (χ2v) is 8.76. The van der Waals surface area contributed by atoms with Gasteiger partial charge in [-0.05, 0) is 36.6 Å². The number of halogens is 3. The largest absolute Gasteiger partial charge is 0.416 e. The van der Waals surface area contributed by atoms with Crippen molar-refractivity contribution < 1.29 is 22.8 Å². The molecule has 0 aliphatic carbocycles. The highest BCUT2D eigenvalue weighted by Crippen LogP contribution is 2.33. The standard InChI is InChI=1S/C23H23F3N4O2S/c24-23(25,26)17-8-9-19-18(12-17)28-22(30(19)14-16-6-2-1-3-7-16)33-15-20(31)27-13-21(32)29-10-4-5-11-29/h1-3,6-9,12H,4-5,10-11,13-15H2,(H,27,31). The van der Waals surface area contributed by atoms with Crippen LogP contribution in [0.1, 0.15) is 24.0 Å². The lowest BCUT2D eigenvalue weighted by molar-refractivity contribution is -0.137. The number of fused-ring (bicyclic) bond motifs is 1. The molecule has 2 aromatic carbocycles. The van der Waals surface area contributed by atoms with E-state index in [1.807, 2.05) is 30.3 Å². The van der Waals surface area contributed by atoms with Crippen molar-refractivity contribution in [2.45, 2.75) is 30.7 Å². The highest BCUT2D eigenvalue weighted by atomic mass is 32.2. The van der Waals surface area contributed by atoms with Gasteiger partial charge in [0.1, 0.15) is 0 Å². The van der Waals surface area contributed by atoms with Gasteiger partial charge in [0.25, 0.3) is 0 Å². The summed E-state index contributed by atoms with van der Waals surface area (Å²) in [4.78, 5) is 30.5. The molecule has 0 spiro atoms. The summed E-state index contributed by atoms with van der Waals surface area (Å²) in [5, 5.41) is 3.06. The van der Waals surface area contributed by atoms with Crippen LogP contribution < -0.4 is 5.32 Å². The maximum absolute atomic E-state index is 13.2. The first-order chi connectivity index (χ1) is 15.8.